The van der Waals surface area contributed by atoms with Crippen LogP contribution in [0.4, 0.5) is 15.8 Å². The van der Waals surface area contributed by atoms with Crippen LogP contribution in [0.25, 0.3) is 0 Å². The first-order valence-corrected chi connectivity index (χ1v) is 8.99. The third-order valence-electron chi connectivity index (χ3n) is 3.54. The molecule has 1 N–H and O–H groups in total. The van der Waals surface area contributed by atoms with Gasteiger partial charge < -0.3 is 10.1 Å². The van der Waals surface area contributed by atoms with Crippen LogP contribution in [0.2, 0.25) is 0 Å². The third-order valence-corrected chi connectivity index (χ3v) is 4.69. The maximum atomic E-state index is 12.9. The van der Waals surface area contributed by atoms with Gasteiger partial charge in [0.15, 0.2) is 6.10 Å². The molecule has 0 saturated heterocycles. The number of carbonyl (C=O) groups excluding carboxylic acids is 1. The number of fused-ring (bicyclic) bond motifs is 1. The van der Waals surface area contributed by atoms with Gasteiger partial charge in [-0.2, -0.15) is 0 Å². The van der Waals surface area contributed by atoms with Crippen molar-refractivity contribution in [1.29, 1.82) is 0 Å². The molecule has 0 aliphatic carbocycles. The van der Waals surface area contributed by atoms with Crippen LogP contribution in [0, 0.1) is 5.82 Å². The van der Waals surface area contributed by atoms with E-state index in [9.17, 15) is 17.6 Å². The van der Waals surface area contributed by atoms with Gasteiger partial charge in [0.05, 0.1) is 18.5 Å². The Morgan fingerprint density at radius 3 is 2.54 bits per heavy atom. The number of hydrogen-bond donors (Lipinski definition) is 1. The highest BCUT2D eigenvalue weighted by molar-refractivity contribution is 7.92. The van der Waals surface area contributed by atoms with Gasteiger partial charge in [0.1, 0.15) is 11.6 Å². The Kier molecular flexibility index (Phi) is 4.15. The molecule has 8 heteroatoms. The summed E-state index contributed by atoms with van der Waals surface area (Å²) in [5.41, 5.74) is 0.792. The van der Waals surface area contributed by atoms with Crippen molar-refractivity contribution in [2.75, 3.05) is 22.4 Å². The predicted octanol–water partition coefficient (Wildman–Crippen LogP) is 1.99. The first-order valence-electron chi connectivity index (χ1n) is 7.14. The number of nitrogens with zero attached hydrogens (tertiary/aromatic N) is 1. The number of ether oxygens (including phenoxy) is 1. The number of sulfonamides is 1. The van der Waals surface area contributed by atoms with Crippen molar-refractivity contribution in [1.82, 2.24) is 0 Å². The van der Waals surface area contributed by atoms with Gasteiger partial charge in [-0.15, -0.1) is 0 Å². The van der Waals surface area contributed by atoms with Gasteiger partial charge in [0.25, 0.3) is 5.91 Å². The molecular weight excluding hydrogens is 335 g/mol. The SMILES string of the molecule is CS(=O)(=O)N1CC(C(=O)Nc2ccc(F)cc2)Oc2ccccc21. The van der Waals surface area contributed by atoms with Crippen molar-refractivity contribution in [3.05, 3.63) is 54.3 Å². The molecule has 0 aromatic heterocycles. The molecule has 1 aliphatic rings. The minimum atomic E-state index is -3.56. The summed E-state index contributed by atoms with van der Waals surface area (Å²) in [5.74, 6) is -0.614. The number of benzene rings is 2. The molecule has 24 heavy (non-hydrogen) atoms. The number of nitrogens with one attached hydrogen (secondary N) is 1. The van der Waals surface area contributed by atoms with E-state index in [-0.39, 0.29) is 6.54 Å². The Morgan fingerprint density at radius 2 is 1.88 bits per heavy atom. The van der Waals surface area contributed by atoms with Crippen molar-refractivity contribution in [3.63, 3.8) is 0 Å². The number of rotatable bonds is 3. The normalized spacial score (nSPS) is 16.9. The molecule has 0 spiro atoms. The number of anilines is 2. The highest BCUT2D eigenvalue weighted by atomic mass is 32.2. The Morgan fingerprint density at radius 1 is 1.21 bits per heavy atom. The topological polar surface area (TPSA) is 75.7 Å². The van der Waals surface area contributed by atoms with Gasteiger partial charge in [-0.25, -0.2) is 12.8 Å². The minimum absolute atomic E-state index is 0.136. The lowest BCUT2D eigenvalue weighted by molar-refractivity contribution is -0.122. The summed E-state index contributed by atoms with van der Waals surface area (Å²) in [6.45, 7) is -0.136. The summed E-state index contributed by atoms with van der Waals surface area (Å²) in [6, 6.07) is 11.9. The number of halogens is 1. The summed E-state index contributed by atoms with van der Waals surface area (Å²) in [4.78, 5) is 12.4. The zero-order valence-corrected chi connectivity index (χ0v) is 13.6. The molecule has 6 nitrogen and oxygen atoms in total. The van der Waals surface area contributed by atoms with E-state index >= 15 is 0 Å². The lowest BCUT2D eigenvalue weighted by Crippen LogP contribution is -2.48. The van der Waals surface area contributed by atoms with E-state index in [1.54, 1.807) is 24.3 Å². The minimum Gasteiger partial charge on any atom is -0.476 e. The fourth-order valence-corrected chi connectivity index (χ4v) is 3.32. The van der Waals surface area contributed by atoms with E-state index in [1.807, 2.05) is 0 Å². The highest BCUT2D eigenvalue weighted by Crippen LogP contribution is 2.34. The average molecular weight is 350 g/mol. The predicted molar refractivity (Wildman–Crippen MR) is 88.1 cm³/mol. The second-order valence-corrected chi connectivity index (χ2v) is 7.27. The monoisotopic (exact) mass is 350 g/mol. The van der Waals surface area contributed by atoms with E-state index in [4.69, 9.17) is 4.74 Å². The summed E-state index contributed by atoms with van der Waals surface area (Å²) < 4.78 is 43.7. The molecule has 1 unspecified atom stereocenters. The van der Waals surface area contributed by atoms with Crippen LogP contribution in [0.5, 0.6) is 5.75 Å². The van der Waals surface area contributed by atoms with Gasteiger partial charge in [-0.3, -0.25) is 9.10 Å². The van der Waals surface area contributed by atoms with Gasteiger partial charge in [-0.1, -0.05) is 12.1 Å². The Bertz CT molecular complexity index is 868. The Hall–Kier alpha value is -2.61. The molecule has 1 amide bonds. The third kappa shape index (κ3) is 3.33. The summed E-state index contributed by atoms with van der Waals surface area (Å²) in [6.07, 6.45) is 0.0593. The molecule has 0 fully saturated rings. The van der Waals surface area contributed by atoms with E-state index in [0.717, 1.165) is 10.6 Å². The van der Waals surface area contributed by atoms with Gasteiger partial charge >= 0.3 is 0 Å². The van der Waals surface area contributed by atoms with Crippen LogP contribution >= 0.6 is 0 Å². The average Bonchev–Trinajstić information content (AvgIpc) is 2.55. The van der Waals surface area contributed by atoms with E-state index in [0.29, 0.717) is 17.1 Å². The van der Waals surface area contributed by atoms with Crippen molar-refractivity contribution < 1.29 is 22.3 Å². The quantitative estimate of drug-likeness (QED) is 0.919. The fraction of sp³-hybridized carbons (Fsp3) is 0.188. The summed E-state index contributed by atoms with van der Waals surface area (Å²) in [5, 5.41) is 2.59. The van der Waals surface area contributed by atoms with Gasteiger partial charge in [-0.05, 0) is 36.4 Å². The van der Waals surface area contributed by atoms with Crippen LogP contribution in [0.3, 0.4) is 0 Å². The van der Waals surface area contributed by atoms with Crippen LogP contribution in [0.15, 0.2) is 48.5 Å². The van der Waals surface area contributed by atoms with Crippen molar-refractivity contribution >= 4 is 27.3 Å². The van der Waals surface area contributed by atoms with Crippen LogP contribution in [0.1, 0.15) is 0 Å². The fourth-order valence-electron chi connectivity index (χ4n) is 2.41. The lowest BCUT2D eigenvalue weighted by Gasteiger charge is -2.33. The molecule has 0 bridgehead atoms. The molecule has 2 aromatic carbocycles. The van der Waals surface area contributed by atoms with Crippen LogP contribution in [-0.4, -0.2) is 33.2 Å². The second kappa shape index (κ2) is 6.12. The van der Waals surface area contributed by atoms with Crippen LogP contribution in [-0.2, 0) is 14.8 Å². The zero-order chi connectivity index (χ0) is 17.3. The van der Waals surface area contributed by atoms with Crippen molar-refractivity contribution in [3.8, 4) is 5.75 Å². The first-order chi connectivity index (χ1) is 11.3. The maximum Gasteiger partial charge on any atom is 0.267 e. The lowest BCUT2D eigenvalue weighted by atomic mass is 10.2. The number of amides is 1. The number of para-hydroxylation sites is 2. The van der Waals surface area contributed by atoms with Gasteiger partial charge in [0, 0.05) is 5.69 Å². The number of carbonyl (C=O) groups is 1. The molecule has 3 rings (SSSR count). The zero-order valence-electron chi connectivity index (χ0n) is 12.8. The first kappa shape index (κ1) is 16.3. The van der Waals surface area contributed by atoms with Crippen molar-refractivity contribution in [2.24, 2.45) is 0 Å². The maximum absolute atomic E-state index is 12.9. The van der Waals surface area contributed by atoms with Gasteiger partial charge in [0.2, 0.25) is 10.0 Å². The summed E-state index contributed by atoms with van der Waals surface area (Å²) in [7, 11) is -3.56. The molecule has 126 valence electrons. The molecule has 0 saturated carbocycles. The number of hydrogen-bond acceptors (Lipinski definition) is 4. The van der Waals surface area contributed by atoms with Crippen molar-refractivity contribution in [2.45, 2.75) is 6.10 Å². The standard InChI is InChI=1S/C16H15FN2O4S/c1-24(21,22)19-10-15(23-14-5-3-2-4-13(14)19)16(20)18-12-8-6-11(17)7-9-12/h2-9,15H,10H2,1H3,(H,18,20). The van der Waals surface area contributed by atoms with E-state index in [1.165, 1.54) is 24.3 Å². The molecule has 1 aliphatic heterocycles. The molecule has 1 atom stereocenters. The second-order valence-electron chi connectivity index (χ2n) is 5.36. The molecular formula is C16H15FN2O4S. The van der Waals surface area contributed by atoms with Crippen LogP contribution < -0.4 is 14.4 Å². The Labute approximate surface area is 138 Å². The summed E-state index contributed by atoms with van der Waals surface area (Å²) >= 11 is 0. The van der Waals surface area contributed by atoms with E-state index in [2.05, 4.69) is 5.32 Å². The van der Waals surface area contributed by atoms with E-state index < -0.39 is 27.9 Å². The Balaban J connectivity index is 1.85. The highest BCUT2D eigenvalue weighted by Gasteiger charge is 2.34. The molecule has 1 heterocycles. The molecule has 0 radical (unpaired) electrons. The smallest absolute Gasteiger partial charge is 0.267 e. The largest absolute Gasteiger partial charge is 0.476 e. The molecule has 2 aromatic rings.